The van der Waals surface area contributed by atoms with Crippen molar-refractivity contribution in [3.63, 3.8) is 0 Å². The molecule has 0 spiro atoms. The van der Waals surface area contributed by atoms with Crippen molar-refractivity contribution in [3.8, 4) is 16.9 Å². The van der Waals surface area contributed by atoms with Gasteiger partial charge in [0.25, 0.3) is 0 Å². The van der Waals surface area contributed by atoms with E-state index in [1.165, 1.54) is 11.0 Å². The molecule has 2 unspecified atom stereocenters. The summed E-state index contributed by atoms with van der Waals surface area (Å²) in [6, 6.07) is 9.75. The van der Waals surface area contributed by atoms with Gasteiger partial charge in [0.05, 0.1) is 17.5 Å². The zero-order valence-corrected chi connectivity index (χ0v) is 24.7. The Morgan fingerprint density at radius 3 is 2.45 bits per heavy atom. The zero-order valence-electron chi connectivity index (χ0n) is 24.7. The molecule has 44 heavy (non-hydrogen) atoms. The Kier molecular flexibility index (Phi) is 7.54. The average molecular weight is 606 g/mol. The predicted octanol–water partition coefficient (Wildman–Crippen LogP) is 1.47. The quantitative estimate of drug-likeness (QED) is 0.429. The first-order valence-corrected chi connectivity index (χ1v) is 15.0. The lowest BCUT2D eigenvalue weighted by Crippen LogP contribution is -2.74. The number of fused-ring (bicyclic) bond motifs is 3. The van der Waals surface area contributed by atoms with Crippen molar-refractivity contribution in [2.24, 2.45) is 29.4 Å². The van der Waals surface area contributed by atoms with Crippen LogP contribution >= 0.6 is 0 Å². The second-order valence-electron chi connectivity index (χ2n) is 12.9. The summed E-state index contributed by atoms with van der Waals surface area (Å²) in [5.41, 5.74) is 5.66. The van der Waals surface area contributed by atoms with Gasteiger partial charge in [0.2, 0.25) is 5.91 Å². The maximum absolute atomic E-state index is 14.0. The molecule has 3 fully saturated rings. The van der Waals surface area contributed by atoms with Gasteiger partial charge in [0.1, 0.15) is 11.9 Å². The number of likely N-dealkylation sites (N-methyl/N-ethyl adjacent to an activating group) is 1. The number of aromatic hydroxyl groups is 1. The van der Waals surface area contributed by atoms with E-state index >= 15 is 0 Å². The van der Waals surface area contributed by atoms with Crippen molar-refractivity contribution in [2.75, 3.05) is 27.2 Å². The molecule has 1 saturated heterocycles. The number of carbonyl (C=O) groups excluding carboxylic acids is 5. The van der Waals surface area contributed by atoms with Crippen molar-refractivity contribution in [1.29, 1.82) is 0 Å². The van der Waals surface area contributed by atoms with Crippen LogP contribution in [0.1, 0.15) is 40.7 Å². The SMILES string of the molecule is CN(C)[C@@H]1C(=O)C(C(N)=O)C(=O)[C@@]2(O)C(=O)C3C(=O)c4c(O)ccc(-c5cccc(CN6CCC(F)CC6)c5)c4C[C@H]3C[C@@H]12. The molecule has 6 atom stereocenters. The van der Waals surface area contributed by atoms with Crippen LogP contribution in [-0.2, 0) is 32.1 Å². The lowest BCUT2D eigenvalue weighted by molar-refractivity contribution is -0.181. The molecule has 2 aromatic rings. The first-order chi connectivity index (χ1) is 20.8. The third-order valence-electron chi connectivity index (χ3n) is 10.1. The van der Waals surface area contributed by atoms with Gasteiger partial charge in [-0.3, -0.25) is 33.8 Å². The average Bonchev–Trinajstić information content (AvgIpc) is 2.96. The number of amides is 1. The molecule has 6 rings (SSSR count). The van der Waals surface area contributed by atoms with E-state index in [0.29, 0.717) is 43.6 Å². The van der Waals surface area contributed by atoms with Crippen molar-refractivity contribution < 1.29 is 38.6 Å². The van der Waals surface area contributed by atoms with Crippen LogP contribution in [0.25, 0.3) is 11.1 Å². The Labute approximate surface area is 254 Å². The Bertz CT molecular complexity index is 1580. The number of nitrogens with zero attached hydrogens (tertiary/aromatic N) is 2. The van der Waals surface area contributed by atoms with Crippen LogP contribution in [0.15, 0.2) is 36.4 Å². The number of phenols is 1. The summed E-state index contributed by atoms with van der Waals surface area (Å²) in [5, 5.41) is 22.6. The Morgan fingerprint density at radius 1 is 1.09 bits per heavy atom. The van der Waals surface area contributed by atoms with Crippen molar-refractivity contribution in [2.45, 2.75) is 50.0 Å². The first-order valence-electron chi connectivity index (χ1n) is 15.0. The Morgan fingerprint density at radius 2 is 1.80 bits per heavy atom. The number of aliphatic hydroxyl groups is 1. The molecule has 2 saturated carbocycles. The number of likely N-dealkylation sites (tertiary alicyclic amines) is 1. The highest BCUT2D eigenvalue weighted by molar-refractivity contribution is 6.32. The van der Waals surface area contributed by atoms with Crippen LogP contribution in [-0.4, -0.2) is 94.1 Å². The number of nitrogens with two attached hydrogens (primary N) is 1. The number of phenolic OH excluding ortho intramolecular Hbond substituents is 1. The van der Waals surface area contributed by atoms with Gasteiger partial charge in [0, 0.05) is 25.6 Å². The number of piperidine rings is 1. The smallest absolute Gasteiger partial charge is 0.235 e. The molecule has 4 aliphatic rings. The molecule has 0 bridgehead atoms. The molecule has 0 radical (unpaired) electrons. The topological polar surface area (TPSA) is 158 Å². The summed E-state index contributed by atoms with van der Waals surface area (Å²) in [6.45, 7) is 1.97. The largest absolute Gasteiger partial charge is 0.507 e. The summed E-state index contributed by atoms with van der Waals surface area (Å²) in [6.07, 6.45) is 0.403. The number of Topliss-reactive ketones (excluding diaryl/α,β-unsaturated/α-hetero) is 4. The van der Waals surface area contributed by atoms with Crippen LogP contribution < -0.4 is 5.73 Å². The van der Waals surface area contributed by atoms with Crippen LogP contribution in [0, 0.1) is 23.7 Å². The van der Waals surface area contributed by atoms with E-state index in [1.807, 2.05) is 24.3 Å². The highest BCUT2D eigenvalue weighted by atomic mass is 19.1. The van der Waals surface area contributed by atoms with Crippen LogP contribution in [0.5, 0.6) is 5.75 Å². The number of benzene rings is 2. The van der Waals surface area contributed by atoms with Crippen molar-refractivity contribution in [1.82, 2.24) is 9.80 Å². The highest BCUT2D eigenvalue weighted by Gasteiger charge is 2.69. The van der Waals surface area contributed by atoms with Gasteiger partial charge >= 0.3 is 0 Å². The van der Waals surface area contributed by atoms with Crippen LogP contribution in [0.4, 0.5) is 4.39 Å². The number of primary amides is 1. The fourth-order valence-electron chi connectivity index (χ4n) is 8.03. The fraction of sp³-hybridized carbons (Fsp3) is 0.485. The highest BCUT2D eigenvalue weighted by Crippen LogP contribution is 2.51. The Hall–Kier alpha value is -3.80. The minimum absolute atomic E-state index is 0.0104. The normalized spacial score (nSPS) is 31.1. The molecule has 232 valence electrons. The fourth-order valence-corrected chi connectivity index (χ4v) is 8.03. The summed E-state index contributed by atoms with van der Waals surface area (Å²) < 4.78 is 13.6. The van der Waals surface area contributed by atoms with E-state index in [-0.39, 0.29) is 24.2 Å². The second-order valence-corrected chi connectivity index (χ2v) is 12.9. The van der Waals surface area contributed by atoms with Gasteiger partial charge < -0.3 is 15.9 Å². The molecule has 1 amide bonds. The molecule has 1 aliphatic heterocycles. The van der Waals surface area contributed by atoms with Gasteiger partial charge in [-0.25, -0.2) is 4.39 Å². The van der Waals surface area contributed by atoms with Crippen LogP contribution in [0.3, 0.4) is 0 Å². The van der Waals surface area contributed by atoms with Crippen molar-refractivity contribution in [3.05, 3.63) is 53.1 Å². The molecule has 0 aromatic heterocycles. The molecule has 10 nitrogen and oxygen atoms in total. The number of carbonyl (C=O) groups is 5. The number of hydrogen-bond acceptors (Lipinski definition) is 9. The number of halogens is 1. The van der Waals surface area contributed by atoms with Gasteiger partial charge in [0.15, 0.2) is 34.7 Å². The van der Waals surface area contributed by atoms with Crippen molar-refractivity contribution >= 4 is 29.0 Å². The molecule has 4 N–H and O–H groups in total. The minimum atomic E-state index is -2.75. The van der Waals surface area contributed by atoms with E-state index in [9.17, 15) is 38.6 Å². The molecular weight excluding hydrogens is 569 g/mol. The van der Waals surface area contributed by atoms with Gasteiger partial charge in [-0.1, -0.05) is 24.3 Å². The minimum Gasteiger partial charge on any atom is -0.507 e. The summed E-state index contributed by atoms with van der Waals surface area (Å²) in [4.78, 5) is 70.6. The van der Waals surface area contributed by atoms with Gasteiger partial charge in [-0.15, -0.1) is 0 Å². The Balaban J connectivity index is 1.39. The maximum Gasteiger partial charge on any atom is 0.235 e. The van der Waals surface area contributed by atoms with E-state index in [4.69, 9.17) is 5.73 Å². The van der Waals surface area contributed by atoms with Gasteiger partial charge in [-0.2, -0.15) is 0 Å². The van der Waals surface area contributed by atoms with E-state index in [2.05, 4.69) is 4.90 Å². The number of alkyl halides is 1. The molecule has 2 aromatic carbocycles. The lowest BCUT2D eigenvalue weighted by Gasteiger charge is -2.52. The summed E-state index contributed by atoms with van der Waals surface area (Å²) >= 11 is 0. The molecule has 3 aliphatic carbocycles. The third kappa shape index (κ3) is 4.60. The maximum atomic E-state index is 14.0. The van der Waals surface area contributed by atoms with Gasteiger partial charge in [-0.05, 0) is 80.1 Å². The van der Waals surface area contributed by atoms with E-state index in [0.717, 1.165) is 11.1 Å². The zero-order chi connectivity index (χ0) is 31.7. The third-order valence-corrected chi connectivity index (χ3v) is 10.1. The first kappa shape index (κ1) is 30.2. The number of rotatable bonds is 5. The molecule has 11 heteroatoms. The number of ketones is 4. The van der Waals surface area contributed by atoms with Crippen LogP contribution in [0.2, 0.25) is 0 Å². The van der Waals surface area contributed by atoms with E-state index < -0.39 is 70.5 Å². The van der Waals surface area contributed by atoms with E-state index in [1.54, 1.807) is 20.2 Å². The summed E-state index contributed by atoms with van der Waals surface area (Å²) in [5.74, 6) is -10.7. The standard InChI is InChI=1S/C33H36FN3O7/c1-36(2)27-22-14-18-13-21-20(17-5-3-4-16(12-17)15-37-10-8-19(34)9-11-37)6-7-23(38)25(21)28(39)24(18)30(41)33(22,44)31(42)26(29(27)40)32(35)43/h3-7,12,18-19,22,24,26-27,38,44H,8-11,13-15H2,1-2H3,(H2,35,43)/t18-,22-,24?,26?,27-,33-/m0/s1. The lowest BCUT2D eigenvalue weighted by atomic mass is 9.52. The number of hydrogen-bond donors (Lipinski definition) is 3. The monoisotopic (exact) mass is 605 g/mol. The predicted molar refractivity (Wildman–Crippen MR) is 156 cm³/mol. The summed E-state index contributed by atoms with van der Waals surface area (Å²) in [7, 11) is 3.11. The second kappa shape index (κ2) is 11.0. The molecule has 1 heterocycles. The molecular formula is C33H36FN3O7.